The van der Waals surface area contributed by atoms with Crippen molar-refractivity contribution in [2.45, 2.75) is 32.2 Å². The summed E-state index contributed by atoms with van der Waals surface area (Å²) in [5, 5.41) is 9.45. The van der Waals surface area contributed by atoms with Gasteiger partial charge in [-0.1, -0.05) is 6.07 Å². The largest absolute Gasteiger partial charge is 0.496 e. The molecule has 1 aromatic carbocycles. The first kappa shape index (κ1) is 15.4. The van der Waals surface area contributed by atoms with Gasteiger partial charge in [-0.25, -0.2) is 0 Å². The van der Waals surface area contributed by atoms with Gasteiger partial charge in [-0.05, 0) is 47.5 Å². The van der Waals surface area contributed by atoms with E-state index < -0.39 is 6.10 Å². The summed E-state index contributed by atoms with van der Waals surface area (Å²) in [5.74, 6) is 0.762. The second-order valence-electron chi connectivity index (χ2n) is 4.20. The smallest absolute Gasteiger partial charge is 0.133 e. The molecule has 0 amide bonds. The third-order valence-electron chi connectivity index (χ3n) is 2.82. The molecule has 18 heavy (non-hydrogen) atoms. The Morgan fingerprint density at radius 1 is 1.39 bits per heavy atom. The van der Waals surface area contributed by atoms with E-state index in [0.29, 0.717) is 6.54 Å². The summed E-state index contributed by atoms with van der Waals surface area (Å²) in [6, 6.07) is 5.69. The number of methoxy groups -OCH3 is 1. The van der Waals surface area contributed by atoms with E-state index in [2.05, 4.69) is 15.9 Å². The fraction of sp³-hybridized carbons (Fsp3) is 0.538. The average Bonchev–Trinajstić information content (AvgIpc) is 2.35. The normalized spacial score (nSPS) is 16.1. The lowest BCUT2D eigenvalue weighted by Gasteiger charge is -2.23. The highest BCUT2D eigenvalue weighted by molar-refractivity contribution is 9.10. The topological polar surface area (TPSA) is 64.7 Å². The number of nitrogens with two attached hydrogens (primary N) is 1. The molecule has 4 nitrogen and oxygen atoms in total. The van der Waals surface area contributed by atoms with E-state index in [9.17, 15) is 5.11 Å². The highest BCUT2D eigenvalue weighted by Crippen LogP contribution is 2.29. The fourth-order valence-electron chi connectivity index (χ4n) is 1.53. The maximum Gasteiger partial charge on any atom is 0.133 e. The van der Waals surface area contributed by atoms with Crippen LogP contribution >= 0.6 is 15.9 Å². The predicted molar refractivity (Wildman–Crippen MR) is 74.7 cm³/mol. The third-order valence-corrected chi connectivity index (χ3v) is 3.44. The van der Waals surface area contributed by atoms with Crippen LogP contribution in [0.15, 0.2) is 22.7 Å². The Labute approximate surface area is 116 Å². The number of ether oxygens (including phenoxy) is 2. The molecular weight excluding hydrogens is 298 g/mol. The van der Waals surface area contributed by atoms with Crippen LogP contribution in [0.4, 0.5) is 0 Å². The van der Waals surface area contributed by atoms with Crippen LogP contribution < -0.4 is 10.5 Å². The number of hydrogen-bond acceptors (Lipinski definition) is 4. The van der Waals surface area contributed by atoms with Crippen molar-refractivity contribution in [3.63, 3.8) is 0 Å². The van der Waals surface area contributed by atoms with Crippen LogP contribution in [0.2, 0.25) is 0 Å². The lowest BCUT2D eigenvalue weighted by Crippen LogP contribution is -2.28. The molecule has 0 aliphatic rings. The summed E-state index contributed by atoms with van der Waals surface area (Å²) in [6.45, 7) is 3.88. The second kappa shape index (κ2) is 7.09. The molecule has 0 saturated carbocycles. The van der Waals surface area contributed by atoms with Crippen molar-refractivity contribution < 1.29 is 14.6 Å². The van der Waals surface area contributed by atoms with Gasteiger partial charge in [-0.2, -0.15) is 0 Å². The predicted octanol–water partition coefficient (Wildman–Crippen LogP) is 2.24. The molecule has 102 valence electrons. The summed E-state index contributed by atoms with van der Waals surface area (Å²) < 4.78 is 11.8. The Morgan fingerprint density at radius 3 is 2.50 bits per heavy atom. The van der Waals surface area contributed by atoms with Gasteiger partial charge in [0.1, 0.15) is 5.75 Å². The van der Waals surface area contributed by atoms with E-state index in [-0.39, 0.29) is 12.2 Å². The molecule has 0 heterocycles. The van der Waals surface area contributed by atoms with Crippen molar-refractivity contribution in [3.8, 4) is 5.75 Å². The molecule has 3 atom stereocenters. The highest BCUT2D eigenvalue weighted by Gasteiger charge is 2.18. The zero-order chi connectivity index (χ0) is 13.7. The van der Waals surface area contributed by atoms with Crippen LogP contribution in [-0.4, -0.2) is 31.0 Å². The Morgan fingerprint density at radius 2 is 2.06 bits per heavy atom. The Hall–Kier alpha value is -0.620. The molecule has 0 spiro atoms. The van der Waals surface area contributed by atoms with Gasteiger partial charge in [0.15, 0.2) is 0 Å². The lowest BCUT2D eigenvalue weighted by atomic mass is 10.1. The van der Waals surface area contributed by atoms with E-state index in [4.69, 9.17) is 15.2 Å². The highest BCUT2D eigenvalue weighted by atomic mass is 79.9. The number of aliphatic hydroxyl groups is 1. The monoisotopic (exact) mass is 317 g/mol. The van der Waals surface area contributed by atoms with Crippen LogP contribution in [0.1, 0.15) is 25.5 Å². The molecule has 0 saturated heterocycles. The molecule has 0 aromatic heterocycles. The van der Waals surface area contributed by atoms with Gasteiger partial charge in [-0.3, -0.25) is 0 Å². The van der Waals surface area contributed by atoms with E-state index in [1.165, 1.54) is 0 Å². The molecule has 0 aliphatic carbocycles. The van der Waals surface area contributed by atoms with Crippen LogP contribution in [0, 0.1) is 0 Å². The second-order valence-corrected chi connectivity index (χ2v) is 5.05. The maximum absolute atomic E-state index is 9.45. The van der Waals surface area contributed by atoms with Crippen molar-refractivity contribution in [2.24, 2.45) is 5.73 Å². The summed E-state index contributed by atoms with van der Waals surface area (Å²) in [7, 11) is 1.62. The van der Waals surface area contributed by atoms with E-state index in [0.717, 1.165) is 15.8 Å². The molecular formula is C13H20BrNO3. The quantitative estimate of drug-likeness (QED) is 0.844. The van der Waals surface area contributed by atoms with Crippen molar-refractivity contribution in [1.82, 2.24) is 0 Å². The Kier molecular flexibility index (Phi) is 6.08. The molecule has 1 rings (SSSR count). The maximum atomic E-state index is 9.45. The van der Waals surface area contributed by atoms with Crippen molar-refractivity contribution in [2.75, 3.05) is 13.7 Å². The van der Waals surface area contributed by atoms with Crippen molar-refractivity contribution >= 4 is 15.9 Å². The third kappa shape index (κ3) is 3.95. The minimum absolute atomic E-state index is 0.239. The van der Waals surface area contributed by atoms with E-state index >= 15 is 0 Å². The summed E-state index contributed by atoms with van der Waals surface area (Å²) >= 11 is 3.43. The molecule has 0 radical (unpaired) electrons. The number of aliphatic hydroxyl groups excluding tert-OH is 1. The zero-order valence-corrected chi connectivity index (χ0v) is 12.5. The molecule has 3 N–H and O–H groups in total. The van der Waals surface area contributed by atoms with Gasteiger partial charge in [0.05, 0.1) is 29.9 Å². The van der Waals surface area contributed by atoms with Gasteiger partial charge < -0.3 is 20.3 Å². The van der Waals surface area contributed by atoms with Crippen LogP contribution in [0.5, 0.6) is 5.75 Å². The van der Waals surface area contributed by atoms with Gasteiger partial charge in [0, 0.05) is 6.54 Å². The molecule has 0 bridgehead atoms. The molecule has 5 heteroatoms. The average molecular weight is 318 g/mol. The van der Waals surface area contributed by atoms with Gasteiger partial charge >= 0.3 is 0 Å². The van der Waals surface area contributed by atoms with Gasteiger partial charge in [0.2, 0.25) is 0 Å². The Balaban J connectivity index is 2.85. The first-order valence-electron chi connectivity index (χ1n) is 5.86. The molecule has 1 aromatic rings. The molecule has 0 fully saturated rings. The van der Waals surface area contributed by atoms with E-state index in [1.807, 2.05) is 25.1 Å². The summed E-state index contributed by atoms with van der Waals surface area (Å²) in [6.07, 6.45) is -1.03. The van der Waals surface area contributed by atoms with Crippen LogP contribution in [-0.2, 0) is 4.74 Å². The summed E-state index contributed by atoms with van der Waals surface area (Å²) in [5.41, 5.74) is 6.68. The van der Waals surface area contributed by atoms with Gasteiger partial charge in [0.25, 0.3) is 0 Å². The molecule has 3 unspecified atom stereocenters. The standard InChI is InChI=1S/C13H20BrNO3/c1-8(16)9(2)18-13(7-15)10-4-5-12(17-3)11(14)6-10/h4-6,8-9,13,16H,7,15H2,1-3H3. The fourth-order valence-corrected chi connectivity index (χ4v) is 2.08. The Bertz CT molecular complexity index is 384. The first-order valence-corrected chi connectivity index (χ1v) is 6.66. The van der Waals surface area contributed by atoms with Crippen molar-refractivity contribution in [3.05, 3.63) is 28.2 Å². The van der Waals surface area contributed by atoms with Crippen molar-refractivity contribution in [1.29, 1.82) is 0 Å². The number of hydrogen-bond donors (Lipinski definition) is 2. The minimum Gasteiger partial charge on any atom is -0.496 e. The number of benzene rings is 1. The zero-order valence-electron chi connectivity index (χ0n) is 10.9. The van der Waals surface area contributed by atoms with Gasteiger partial charge in [-0.15, -0.1) is 0 Å². The number of halogens is 1. The lowest BCUT2D eigenvalue weighted by molar-refractivity contribution is -0.0592. The minimum atomic E-state index is -0.527. The summed E-state index contributed by atoms with van der Waals surface area (Å²) in [4.78, 5) is 0. The van der Waals surface area contributed by atoms with Crippen LogP contribution in [0.3, 0.4) is 0 Å². The SMILES string of the molecule is COc1ccc(C(CN)OC(C)C(C)O)cc1Br. The first-order chi connectivity index (χ1) is 8.49. The van der Waals surface area contributed by atoms with E-state index in [1.54, 1.807) is 14.0 Å². The molecule has 0 aliphatic heterocycles. The van der Waals surface area contributed by atoms with Crippen LogP contribution in [0.25, 0.3) is 0 Å². The number of rotatable bonds is 6.